The number of fused-ring (bicyclic) bond motifs is 2. The molecule has 2 unspecified atom stereocenters. The Balaban J connectivity index is 1.67. The minimum atomic E-state index is -0.204. The molecule has 148 valence electrons. The third-order valence-electron chi connectivity index (χ3n) is 6.31. The van der Waals surface area contributed by atoms with Crippen LogP contribution in [-0.4, -0.2) is 36.7 Å². The lowest BCUT2D eigenvalue weighted by molar-refractivity contribution is 0.108. The number of para-hydroxylation sites is 2. The van der Waals surface area contributed by atoms with Gasteiger partial charge in [-0.2, -0.15) is 0 Å². The van der Waals surface area contributed by atoms with Gasteiger partial charge in [-0.15, -0.1) is 0 Å². The smallest absolute Gasteiger partial charge is 0.409 e. The van der Waals surface area contributed by atoms with Gasteiger partial charge < -0.3 is 14.5 Å². The summed E-state index contributed by atoms with van der Waals surface area (Å²) in [5.74, 6) is 0.432. The fourth-order valence-corrected chi connectivity index (χ4v) is 4.86. The lowest BCUT2D eigenvalue weighted by Crippen LogP contribution is -2.38. The Morgan fingerprint density at radius 1 is 1.11 bits per heavy atom. The topological polar surface area (TPSA) is 32.8 Å². The van der Waals surface area contributed by atoms with Crippen LogP contribution in [0.4, 0.5) is 16.2 Å². The van der Waals surface area contributed by atoms with Crippen LogP contribution in [0, 0.1) is 0 Å². The Morgan fingerprint density at radius 2 is 1.86 bits per heavy atom. The first-order chi connectivity index (χ1) is 13.7. The summed E-state index contributed by atoms with van der Waals surface area (Å²) in [4.78, 5) is 16.6. The molecular formula is C24H30N2O2. The third kappa shape index (κ3) is 3.15. The zero-order valence-electron chi connectivity index (χ0n) is 17.1. The molecule has 2 atom stereocenters. The summed E-state index contributed by atoms with van der Waals surface area (Å²) >= 11 is 0. The van der Waals surface area contributed by atoms with Gasteiger partial charge in [-0.25, -0.2) is 4.79 Å². The molecule has 4 nitrogen and oxygen atoms in total. The Hall–Kier alpha value is -2.49. The van der Waals surface area contributed by atoms with Crippen LogP contribution in [0.25, 0.3) is 0 Å². The maximum atomic E-state index is 12.2. The van der Waals surface area contributed by atoms with Crippen molar-refractivity contribution in [3.05, 3.63) is 59.2 Å². The highest BCUT2D eigenvalue weighted by atomic mass is 16.6. The van der Waals surface area contributed by atoms with Gasteiger partial charge >= 0.3 is 6.09 Å². The number of rotatable bonds is 5. The van der Waals surface area contributed by atoms with Gasteiger partial charge in [0.2, 0.25) is 0 Å². The number of hydrogen-bond donors (Lipinski definition) is 0. The standard InChI is InChI=1S/C24H30N2O2/c1-4-25(24(27)28-5-2)16-15-21-17(3)20-11-8-10-19-14-13-18-9-6-7-12-22(18)26(21)23(19)20/h6-12,17,21H,4-5,13-16H2,1-3H3. The first-order valence-electron chi connectivity index (χ1n) is 10.6. The molecule has 2 aliphatic heterocycles. The summed E-state index contributed by atoms with van der Waals surface area (Å²) in [7, 11) is 0. The zero-order chi connectivity index (χ0) is 19.7. The first kappa shape index (κ1) is 18.9. The largest absolute Gasteiger partial charge is 0.450 e. The summed E-state index contributed by atoms with van der Waals surface area (Å²) in [6.07, 6.45) is 2.88. The van der Waals surface area contributed by atoms with E-state index in [1.807, 2.05) is 18.7 Å². The molecule has 0 N–H and O–H groups in total. The van der Waals surface area contributed by atoms with Crippen molar-refractivity contribution in [3.8, 4) is 0 Å². The molecule has 2 aliphatic rings. The molecule has 0 bridgehead atoms. The van der Waals surface area contributed by atoms with E-state index in [1.165, 1.54) is 28.1 Å². The molecule has 0 saturated heterocycles. The van der Waals surface area contributed by atoms with Crippen LogP contribution in [0.1, 0.15) is 49.8 Å². The Bertz CT molecular complexity index is 863. The second-order valence-electron chi connectivity index (χ2n) is 7.78. The van der Waals surface area contributed by atoms with E-state index in [0.717, 1.165) is 19.3 Å². The minimum Gasteiger partial charge on any atom is -0.450 e. The van der Waals surface area contributed by atoms with Crippen LogP contribution in [0.2, 0.25) is 0 Å². The van der Waals surface area contributed by atoms with E-state index < -0.39 is 0 Å². The zero-order valence-corrected chi connectivity index (χ0v) is 17.1. The predicted molar refractivity (Wildman–Crippen MR) is 114 cm³/mol. The summed E-state index contributed by atoms with van der Waals surface area (Å²) in [6, 6.07) is 15.9. The number of aryl methyl sites for hydroxylation is 2. The molecule has 0 radical (unpaired) electrons. The van der Waals surface area contributed by atoms with Crippen molar-refractivity contribution in [2.24, 2.45) is 0 Å². The van der Waals surface area contributed by atoms with E-state index in [9.17, 15) is 4.79 Å². The van der Waals surface area contributed by atoms with Crippen LogP contribution >= 0.6 is 0 Å². The molecular weight excluding hydrogens is 348 g/mol. The van der Waals surface area contributed by atoms with Gasteiger partial charge in [-0.3, -0.25) is 0 Å². The van der Waals surface area contributed by atoms with Crippen LogP contribution in [0.3, 0.4) is 0 Å². The average Bonchev–Trinajstić information content (AvgIpc) is 2.89. The molecule has 1 amide bonds. The lowest BCUT2D eigenvalue weighted by Gasteiger charge is -2.32. The third-order valence-corrected chi connectivity index (χ3v) is 6.31. The van der Waals surface area contributed by atoms with Crippen LogP contribution in [0.5, 0.6) is 0 Å². The fourth-order valence-electron chi connectivity index (χ4n) is 4.86. The van der Waals surface area contributed by atoms with Gasteiger partial charge in [0.25, 0.3) is 0 Å². The SMILES string of the molecule is CCOC(=O)N(CC)CCC1C(C)c2cccc3c2N1c1ccccc1CC3. The Labute approximate surface area is 168 Å². The maximum Gasteiger partial charge on any atom is 0.409 e. The molecule has 0 fully saturated rings. The average molecular weight is 379 g/mol. The number of hydrogen-bond acceptors (Lipinski definition) is 3. The fraction of sp³-hybridized carbons (Fsp3) is 0.458. The predicted octanol–water partition coefficient (Wildman–Crippen LogP) is 5.28. The second-order valence-corrected chi connectivity index (χ2v) is 7.78. The normalized spacial score (nSPS) is 19.6. The Kier molecular flexibility index (Phi) is 5.29. The van der Waals surface area contributed by atoms with E-state index in [0.29, 0.717) is 31.7 Å². The van der Waals surface area contributed by atoms with Crippen LogP contribution in [-0.2, 0) is 17.6 Å². The lowest BCUT2D eigenvalue weighted by atomic mass is 9.92. The number of carbonyl (C=O) groups excluding carboxylic acids is 1. The highest BCUT2D eigenvalue weighted by Crippen LogP contribution is 2.50. The second kappa shape index (κ2) is 7.86. The van der Waals surface area contributed by atoms with Crippen molar-refractivity contribution in [1.29, 1.82) is 0 Å². The van der Waals surface area contributed by atoms with Crippen molar-refractivity contribution >= 4 is 17.5 Å². The van der Waals surface area contributed by atoms with E-state index in [1.54, 1.807) is 0 Å². The molecule has 0 saturated carbocycles. The van der Waals surface area contributed by atoms with Crippen molar-refractivity contribution in [3.63, 3.8) is 0 Å². The Morgan fingerprint density at radius 3 is 2.64 bits per heavy atom. The van der Waals surface area contributed by atoms with Gasteiger partial charge in [0.1, 0.15) is 0 Å². The van der Waals surface area contributed by atoms with Gasteiger partial charge in [-0.05, 0) is 55.9 Å². The quantitative estimate of drug-likeness (QED) is 0.710. The number of ether oxygens (including phenoxy) is 1. The molecule has 0 spiro atoms. The number of carbonyl (C=O) groups is 1. The summed E-state index contributed by atoms with van der Waals surface area (Å²) in [6.45, 7) is 8.02. The van der Waals surface area contributed by atoms with Gasteiger partial charge in [0.05, 0.1) is 6.61 Å². The molecule has 0 aromatic heterocycles. The highest BCUT2D eigenvalue weighted by Gasteiger charge is 2.39. The van der Waals surface area contributed by atoms with E-state index in [2.05, 4.69) is 54.3 Å². The summed E-state index contributed by atoms with van der Waals surface area (Å²) < 4.78 is 5.23. The first-order valence-corrected chi connectivity index (χ1v) is 10.6. The molecule has 2 aromatic rings. The molecule has 28 heavy (non-hydrogen) atoms. The molecule has 4 rings (SSSR count). The summed E-state index contributed by atoms with van der Waals surface area (Å²) in [5, 5.41) is 0. The summed E-state index contributed by atoms with van der Waals surface area (Å²) in [5.41, 5.74) is 7.05. The van der Waals surface area contributed by atoms with Gasteiger partial charge in [0, 0.05) is 36.4 Å². The maximum absolute atomic E-state index is 12.2. The van der Waals surface area contributed by atoms with E-state index in [4.69, 9.17) is 4.74 Å². The van der Waals surface area contributed by atoms with Crippen LogP contribution in [0.15, 0.2) is 42.5 Å². The van der Waals surface area contributed by atoms with Crippen molar-refractivity contribution in [2.45, 2.75) is 52.0 Å². The van der Waals surface area contributed by atoms with Crippen LogP contribution < -0.4 is 4.90 Å². The van der Waals surface area contributed by atoms with Crippen molar-refractivity contribution in [1.82, 2.24) is 4.90 Å². The monoisotopic (exact) mass is 378 g/mol. The molecule has 4 heteroatoms. The number of amides is 1. The number of anilines is 2. The molecule has 2 heterocycles. The van der Waals surface area contributed by atoms with E-state index in [-0.39, 0.29) is 6.09 Å². The molecule has 2 aromatic carbocycles. The highest BCUT2D eigenvalue weighted by molar-refractivity contribution is 5.78. The van der Waals surface area contributed by atoms with Gasteiger partial charge in [-0.1, -0.05) is 43.3 Å². The van der Waals surface area contributed by atoms with E-state index >= 15 is 0 Å². The molecule has 0 aliphatic carbocycles. The number of nitrogens with zero attached hydrogens (tertiary/aromatic N) is 2. The van der Waals surface area contributed by atoms with Crippen molar-refractivity contribution < 1.29 is 9.53 Å². The minimum absolute atomic E-state index is 0.204. The van der Waals surface area contributed by atoms with Crippen molar-refractivity contribution in [2.75, 3.05) is 24.6 Å². The number of benzene rings is 2. The van der Waals surface area contributed by atoms with Gasteiger partial charge in [0.15, 0.2) is 0 Å².